The predicted molar refractivity (Wildman–Crippen MR) is 190 cm³/mol. The van der Waals surface area contributed by atoms with Crippen LogP contribution in [0.25, 0.3) is 0 Å². The Balaban J connectivity index is 1.48. The molecular formula is C37H48N4O9S. The molecule has 3 atom stereocenters. The Kier molecular flexibility index (Phi) is 13.4. The molecule has 3 aromatic carbocycles. The lowest BCUT2D eigenvalue weighted by molar-refractivity contribution is -0.132. The van der Waals surface area contributed by atoms with Crippen LogP contribution in [-0.4, -0.2) is 80.4 Å². The van der Waals surface area contributed by atoms with Gasteiger partial charge >= 0.3 is 6.09 Å². The first-order valence-corrected chi connectivity index (χ1v) is 18.2. The van der Waals surface area contributed by atoms with E-state index in [-0.39, 0.29) is 43.7 Å². The van der Waals surface area contributed by atoms with Gasteiger partial charge in [-0.1, -0.05) is 95.3 Å². The number of nitrogens with one attached hydrogen (secondary N) is 3. The number of rotatable bonds is 16. The minimum atomic E-state index is -4.11. The van der Waals surface area contributed by atoms with Crippen molar-refractivity contribution in [3.8, 4) is 11.5 Å². The summed E-state index contributed by atoms with van der Waals surface area (Å²) < 4.78 is 45.0. The molecule has 3 unspecified atom stereocenters. The van der Waals surface area contributed by atoms with Crippen molar-refractivity contribution < 1.29 is 42.1 Å². The Bertz CT molecular complexity index is 1730. The lowest BCUT2D eigenvalue weighted by atomic mass is 9.85. The summed E-state index contributed by atoms with van der Waals surface area (Å²) in [6, 6.07) is 20.6. The summed E-state index contributed by atoms with van der Waals surface area (Å²) in [6.07, 6.45) is -1.97. The van der Waals surface area contributed by atoms with Crippen LogP contribution in [0.2, 0.25) is 0 Å². The summed E-state index contributed by atoms with van der Waals surface area (Å²) in [5.74, 6) is -0.552. The molecule has 0 bridgehead atoms. The van der Waals surface area contributed by atoms with E-state index in [1.165, 1.54) is 22.5 Å². The standard InChI is InChI=1S/C37H48N4O9S/c1-25(2)21-41(51(46,47)28-16-17-31-32(19-28)50-24-49-31)22-30(42)29(18-26-12-8-6-9-13-26)39-35(44)34(37(3,4)5)40-33(43)20-38-36(45)48-23-27-14-10-7-11-15-27/h6-17,19,25,29-30,34,42H,18,20-24H2,1-5H3,(H,38,45)(H,39,44)(H,40,43). The van der Waals surface area contributed by atoms with Crippen molar-refractivity contribution in [1.82, 2.24) is 20.3 Å². The molecule has 4 rings (SSSR count). The maximum Gasteiger partial charge on any atom is 0.407 e. The fraction of sp³-hybridized carbons (Fsp3) is 0.432. The highest BCUT2D eigenvalue weighted by Gasteiger charge is 2.37. The fourth-order valence-electron chi connectivity index (χ4n) is 5.43. The number of nitrogens with zero attached hydrogens (tertiary/aromatic N) is 1. The maximum atomic E-state index is 13.9. The first kappa shape index (κ1) is 39.1. The van der Waals surface area contributed by atoms with Gasteiger partial charge in [0.15, 0.2) is 11.5 Å². The van der Waals surface area contributed by atoms with Crippen molar-refractivity contribution in [2.75, 3.05) is 26.4 Å². The summed E-state index contributed by atoms with van der Waals surface area (Å²) in [5.41, 5.74) is 0.791. The third-order valence-corrected chi connectivity index (χ3v) is 9.90. The molecule has 13 nitrogen and oxygen atoms in total. The number of sulfonamides is 1. The summed E-state index contributed by atoms with van der Waals surface area (Å²) in [5, 5.41) is 19.7. The van der Waals surface area contributed by atoms with Gasteiger partial charge < -0.3 is 35.3 Å². The predicted octanol–water partition coefficient (Wildman–Crippen LogP) is 3.61. The maximum absolute atomic E-state index is 13.9. The fourth-order valence-corrected chi connectivity index (χ4v) is 7.07. The van der Waals surface area contributed by atoms with Gasteiger partial charge in [-0.2, -0.15) is 4.31 Å². The van der Waals surface area contributed by atoms with Crippen molar-refractivity contribution in [2.24, 2.45) is 11.3 Å². The van der Waals surface area contributed by atoms with Crippen LogP contribution < -0.4 is 25.4 Å². The average Bonchev–Trinajstić information content (AvgIpc) is 3.56. The molecule has 0 fully saturated rings. The van der Waals surface area contributed by atoms with Gasteiger partial charge in [-0.05, 0) is 41.0 Å². The molecule has 0 saturated heterocycles. The van der Waals surface area contributed by atoms with Crippen LogP contribution in [0.3, 0.4) is 0 Å². The molecular weight excluding hydrogens is 676 g/mol. The second kappa shape index (κ2) is 17.5. The van der Waals surface area contributed by atoms with E-state index >= 15 is 0 Å². The smallest absolute Gasteiger partial charge is 0.407 e. The van der Waals surface area contributed by atoms with E-state index in [0.717, 1.165) is 11.1 Å². The van der Waals surface area contributed by atoms with Gasteiger partial charge in [0.1, 0.15) is 19.2 Å². The first-order valence-electron chi connectivity index (χ1n) is 16.8. The Morgan fingerprint density at radius 2 is 1.51 bits per heavy atom. The van der Waals surface area contributed by atoms with E-state index in [4.69, 9.17) is 14.2 Å². The van der Waals surface area contributed by atoms with Gasteiger partial charge in [0.2, 0.25) is 28.6 Å². The minimum absolute atomic E-state index is 0.0120. The Labute approximate surface area is 299 Å². The molecule has 1 aliphatic heterocycles. The van der Waals surface area contributed by atoms with Crippen molar-refractivity contribution in [3.05, 3.63) is 90.0 Å². The Hall–Kier alpha value is -4.66. The van der Waals surface area contributed by atoms with E-state index in [2.05, 4.69) is 16.0 Å². The minimum Gasteiger partial charge on any atom is -0.454 e. The Morgan fingerprint density at radius 1 is 0.882 bits per heavy atom. The number of amides is 3. The third kappa shape index (κ3) is 11.4. The molecule has 3 amide bonds. The summed E-state index contributed by atoms with van der Waals surface area (Å²) in [4.78, 5) is 39.1. The van der Waals surface area contributed by atoms with Crippen molar-refractivity contribution in [1.29, 1.82) is 0 Å². The van der Waals surface area contributed by atoms with Crippen molar-refractivity contribution in [2.45, 2.75) is 70.7 Å². The lowest BCUT2D eigenvalue weighted by Gasteiger charge is -2.34. The normalized spacial score (nSPS) is 14.4. The molecule has 0 aromatic heterocycles. The van der Waals surface area contributed by atoms with Gasteiger partial charge in [-0.3, -0.25) is 9.59 Å². The van der Waals surface area contributed by atoms with Crippen LogP contribution in [0.5, 0.6) is 11.5 Å². The SMILES string of the molecule is CC(C)CN(CC(O)C(Cc1ccccc1)NC(=O)C(NC(=O)CNC(=O)OCc1ccccc1)C(C)(C)C)S(=O)(=O)c1ccc2c(c1)OCO2. The molecule has 0 saturated carbocycles. The van der Waals surface area contributed by atoms with Crippen LogP contribution in [0, 0.1) is 11.3 Å². The number of benzene rings is 3. The molecule has 3 aromatic rings. The zero-order valence-electron chi connectivity index (χ0n) is 29.6. The molecule has 4 N–H and O–H groups in total. The number of aliphatic hydroxyl groups excluding tert-OH is 1. The van der Waals surface area contributed by atoms with Crippen molar-refractivity contribution >= 4 is 27.9 Å². The van der Waals surface area contributed by atoms with Crippen LogP contribution >= 0.6 is 0 Å². The van der Waals surface area contributed by atoms with Gasteiger partial charge in [-0.25, -0.2) is 13.2 Å². The summed E-state index contributed by atoms with van der Waals surface area (Å²) >= 11 is 0. The molecule has 0 spiro atoms. The van der Waals surface area contributed by atoms with Gasteiger partial charge in [0, 0.05) is 19.2 Å². The molecule has 14 heteroatoms. The summed E-state index contributed by atoms with van der Waals surface area (Å²) in [7, 11) is -4.11. The number of ether oxygens (including phenoxy) is 3. The van der Waals surface area contributed by atoms with Crippen LogP contribution in [-0.2, 0) is 37.4 Å². The molecule has 276 valence electrons. The molecule has 1 aliphatic rings. The largest absolute Gasteiger partial charge is 0.454 e. The number of carbonyl (C=O) groups excluding carboxylic acids is 3. The number of aliphatic hydroxyl groups is 1. The van der Waals surface area contributed by atoms with E-state index in [9.17, 15) is 27.9 Å². The number of hydrogen-bond donors (Lipinski definition) is 4. The first-order chi connectivity index (χ1) is 24.1. The van der Waals surface area contributed by atoms with Gasteiger partial charge in [-0.15, -0.1) is 0 Å². The van der Waals surface area contributed by atoms with E-state index in [0.29, 0.717) is 11.5 Å². The quantitative estimate of drug-likeness (QED) is 0.172. The average molecular weight is 725 g/mol. The van der Waals surface area contributed by atoms with Gasteiger partial charge in [0.05, 0.1) is 17.0 Å². The monoisotopic (exact) mass is 724 g/mol. The zero-order valence-corrected chi connectivity index (χ0v) is 30.4. The number of carbonyl (C=O) groups is 3. The lowest BCUT2D eigenvalue weighted by Crippen LogP contribution is -2.59. The highest BCUT2D eigenvalue weighted by molar-refractivity contribution is 7.89. The van der Waals surface area contributed by atoms with Crippen LogP contribution in [0.4, 0.5) is 4.79 Å². The number of fused-ring (bicyclic) bond motifs is 1. The highest BCUT2D eigenvalue weighted by Crippen LogP contribution is 2.35. The molecule has 1 heterocycles. The van der Waals surface area contributed by atoms with Gasteiger partial charge in [0.25, 0.3) is 0 Å². The third-order valence-electron chi connectivity index (χ3n) is 8.07. The molecule has 0 radical (unpaired) electrons. The number of hydrogen-bond acceptors (Lipinski definition) is 9. The Morgan fingerprint density at radius 3 is 2.14 bits per heavy atom. The molecule has 0 aliphatic carbocycles. The van der Waals surface area contributed by atoms with E-state index in [1.54, 1.807) is 32.9 Å². The number of alkyl carbamates (subject to hydrolysis) is 1. The summed E-state index contributed by atoms with van der Waals surface area (Å²) in [6.45, 7) is 8.39. The van der Waals surface area contributed by atoms with Crippen molar-refractivity contribution in [3.63, 3.8) is 0 Å². The van der Waals surface area contributed by atoms with Crippen LogP contribution in [0.15, 0.2) is 83.8 Å². The van der Waals surface area contributed by atoms with E-state index < -0.39 is 58.1 Å². The second-order valence-corrected chi connectivity index (χ2v) is 15.8. The topological polar surface area (TPSA) is 173 Å². The zero-order chi connectivity index (χ0) is 37.2. The van der Waals surface area contributed by atoms with E-state index in [1.807, 2.05) is 62.4 Å². The van der Waals surface area contributed by atoms with Crippen LogP contribution in [0.1, 0.15) is 45.7 Å². The highest BCUT2D eigenvalue weighted by atomic mass is 32.2. The second-order valence-electron chi connectivity index (χ2n) is 13.9. The molecule has 51 heavy (non-hydrogen) atoms.